The number of para-hydroxylation sites is 1. The maximum absolute atomic E-state index is 13.9. The SMILES string of the molecule is O=C(NCCN1CCCC[C@@H]1CO)c1cc(=O)c2cccc(F)c2[nH]1. The van der Waals surface area contributed by atoms with Crippen LogP contribution in [0.1, 0.15) is 29.8 Å². The van der Waals surface area contributed by atoms with Gasteiger partial charge in [0.1, 0.15) is 11.5 Å². The van der Waals surface area contributed by atoms with Gasteiger partial charge in [0.15, 0.2) is 5.43 Å². The number of carbonyl (C=O) groups is 1. The molecule has 1 aromatic heterocycles. The van der Waals surface area contributed by atoms with Crippen LogP contribution in [0.2, 0.25) is 0 Å². The first-order valence-electron chi connectivity index (χ1n) is 8.55. The Balaban J connectivity index is 1.66. The van der Waals surface area contributed by atoms with E-state index in [0.717, 1.165) is 25.8 Å². The van der Waals surface area contributed by atoms with Gasteiger partial charge in [0.25, 0.3) is 5.91 Å². The van der Waals surface area contributed by atoms with E-state index in [4.69, 9.17) is 0 Å². The second-order valence-corrected chi connectivity index (χ2v) is 6.33. The lowest BCUT2D eigenvalue weighted by Gasteiger charge is -2.34. The number of aromatic amines is 1. The van der Waals surface area contributed by atoms with Crippen LogP contribution >= 0.6 is 0 Å². The van der Waals surface area contributed by atoms with Crippen LogP contribution in [0.15, 0.2) is 29.1 Å². The summed E-state index contributed by atoms with van der Waals surface area (Å²) in [5, 5.41) is 12.4. The number of halogens is 1. The lowest BCUT2D eigenvalue weighted by molar-refractivity contribution is 0.0847. The molecule has 3 rings (SSSR count). The fourth-order valence-corrected chi connectivity index (χ4v) is 3.33. The first-order valence-corrected chi connectivity index (χ1v) is 8.55. The van der Waals surface area contributed by atoms with Crippen LogP contribution in [-0.2, 0) is 0 Å². The zero-order chi connectivity index (χ0) is 17.8. The Labute approximate surface area is 144 Å². The normalized spacial score (nSPS) is 18.4. The molecule has 0 saturated carbocycles. The third-order valence-corrected chi connectivity index (χ3v) is 4.70. The molecule has 0 aliphatic carbocycles. The van der Waals surface area contributed by atoms with E-state index < -0.39 is 17.2 Å². The zero-order valence-electron chi connectivity index (χ0n) is 13.9. The topological polar surface area (TPSA) is 85.4 Å². The molecule has 3 N–H and O–H groups in total. The Kier molecular flexibility index (Phi) is 5.45. The Morgan fingerprint density at radius 2 is 2.24 bits per heavy atom. The van der Waals surface area contributed by atoms with Gasteiger partial charge in [-0.2, -0.15) is 0 Å². The molecule has 7 heteroatoms. The molecule has 1 fully saturated rings. The first-order chi connectivity index (χ1) is 12.1. The minimum atomic E-state index is -0.566. The fraction of sp³-hybridized carbons (Fsp3) is 0.444. The van der Waals surface area contributed by atoms with E-state index >= 15 is 0 Å². The molecule has 0 radical (unpaired) electrons. The smallest absolute Gasteiger partial charge is 0.267 e. The number of pyridine rings is 1. The third-order valence-electron chi connectivity index (χ3n) is 4.70. The molecule has 25 heavy (non-hydrogen) atoms. The molecule has 0 bridgehead atoms. The molecular weight excluding hydrogens is 325 g/mol. The molecule has 134 valence electrons. The van der Waals surface area contributed by atoms with Crippen molar-refractivity contribution in [3.63, 3.8) is 0 Å². The lowest BCUT2D eigenvalue weighted by atomic mass is 10.0. The number of nitrogens with zero attached hydrogens (tertiary/aromatic N) is 1. The van der Waals surface area contributed by atoms with Gasteiger partial charge in [-0.25, -0.2) is 4.39 Å². The lowest BCUT2D eigenvalue weighted by Crippen LogP contribution is -2.45. The van der Waals surface area contributed by atoms with Crippen LogP contribution in [0.5, 0.6) is 0 Å². The van der Waals surface area contributed by atoms with Gasteiger partial charge in [-0.1, -0.05) is 12.5 Å². The quantitative estimate of drug-likeness (QED) is 0.760. The Morgan fingerprint density at radius 3 is 3.04 bits per heavy atom. The highest BCUT2D eigenvalue weighted by atomic mass is 19.1. The number of hydrogen-bond acceptors (Lipinski definition) is 4. The van der Waals surface area contributed by atoms with Crippen LogP contribution in [-0.4, -0.2) is 53.2 Å². The minimum Gasteiger partial charge on any atom is -0.395 e. The van der Waals surface area contributed by atoms with Crippen molar-refractivity contribution in [1.82, 2.24) is 15.2 Å². The molecule has 1 aromatic carbocycles. The van der Waals surface area contributed by atoms with Gasteiger partial charge in [-0.15, -0.1) is 0 Å². The summed E-state index contributed by atoms with van der Waals surface area (Å²) in [7, 11) is 0. The Hall–Kier alpha value is -2.25. The highest BCUT2D eigenvalue weighted by molar-refractivity contribution is 5.94. The number of nitrogens with one attached hydrogen (secondary N) is 2. The number of carbonyl (C=O) groups excluding carboxylic acids is 1. The number of aromatic nitrogens is 1. The molecule has 1 amide bonds. The summed E-state index contributed by atoms with van der Waals surface area (Å²) < 4.78 is 13.9. The van der Waals surface area contributed by atoms with Crippen molar-refractivity contribution in [2.45, 2.75) is 25.3 Å². The molecule has 2 aromatic rings. The van der Waals surface area contributed by atoms with E-state index in [9.17, 15) is 19.1 Å². The van der Waals surface area contributed by atoms with Crippen LogP contribution < -0.4 is 10.7 Å². The number of aliphatic hydroxyl groups is 1. The predicted octanol–water partition coefficient (Wildman–Crippen LogP) is 1.24. The van der Waals surface area contributed by atoms with Crippen molar-refractivity contribution in [3.05, 3.63) is 46.0 Å². The number of H-pyrrole nitrogens is 1. The van der Waals surface area contributed by atoms with E-state index in [0.29, 0.717) is 13.1 Å². The first kappa shape index (κ1) is 17.6. The van der Waals surface area contributed by atoms with Crippen molar-refractivity contribution < 1.29 is 14.3 Å². The molecule has 1 aliphatic rings. The van der Waals surface area contributed by atoms with Gasteiger partial charge >= 0.3 is 0 Å². The fourth-order valence-electron chi connectivity index (χ4n) is 3.33. The second-order valence-electron chi connectivity index (χ2n) is 6.33. The van der Waals surface area contributed by atoms with Gasteiger partial charge < -0.3 is 15.4 Å². The summed E-state index contributed by atoms with van der Waals surface area (Å²) in [5.41, 5.74) is -0.314. The monoisotopic (exact) mass is 347 g/mol. The van der Waals surface area contributed by atoms with Crippen molar-refractivity contribution >= 4 is 16.8 Å². The largest absolute Gasteiger partial charge is 0.395 e. The van der Waals surface area contributed by atoms with Gasteiger partial charge in [-0.3, -0.25) is 14.5 Å². The molecule has 0 spiro atoms. The highest BCUT2D eigenvalue weighted by Gasteiger charge is 2.21. The van der Waals surface area contributed by atoms with E-state index in [1.807, 2.05) is 0 Å². The molecule has 6 nitrogen and oxygen atoms in total. The summed E-state index contributed by atoms with van der Waals surface area (Å²) in [5.74, 6) is -1.01. The molecule has 0 unspecified atom stereocenters. The van der Waals surface area contributed by atoms with Crippen molar-refractivity contribution in [3.8, 4) is 0 Å². The van der Waals surface area contributed by atoms with Gasteiger partial charge in [0, 0.05) is 30.6 Å². The number of rotatable bonds is 5. The number of fused-ring (bicyclic) bond motifs is 1. The molecule has 1 saturated heterocycles. The summed E-state index contributed by atoms with van der Waals surface area (Å²) in [6.45, 7) is 2.04. The second kappa shape index (κ2) is 7.76. The van der Waals surface area contributed by atoms with Crippen LogP contribution in [0.25, 0.3) is 10.9 Å². The average molecular weight is 347 g/mol. The minimum absolute atomic E-state index is 0.0384. The third kappa shape index (κ3) is 3.88. The number of hydrogen-bond donors (Lipinski definition) is 3. The summed E-state index contributed by atoms with van der Waals surface area (Å²) >= 11 is 0. The van der Waals surface area contributed by atoms with Crippen molar-refractivity contribution in [2.75, 3.05) is 26.2 Å². The highest BCUT2D eigenvalue weighted by Crippen LogP contribution is 2.16. The van der Waals surface area contributed by atoms with Gasteiger partial charge in [-0.05, 0) is 31.5 Å². The molecular formula is C18H22FN3O3. The standard InChI is InChI=1S/C18H22FN3O3/c19-14-6-3-5-13-16(24)10-15(21-17(13)14)18(25)20-7-9-22-8-2-1-4-12(22)11-23/h3,5-6,10,12,23H,1-2,4,7-9,11H2,(H,20,25)(H,21,24)/t12-/m1/s1. The average Bonchev–Trinajstić information content (AvgIpc) is 2.62. The summed E-state index contributed by atoms with van der Waals surface area (Å²) in [6.07, 6.45) is 3.15. The summed E-state index contributed by atoms with van der Waals surface area (Å²) in [6, 6.07) is 5.55. The Morgan fingerprint density at radius 1 is 1.40 bits per heavy atom. The van der Waals surface area contributed by atoms with E-state index in [-0.39, 0.29) is 29.2 Å². The summed E-state index contributed by atoms with van der Waals surface area (Å²) in [4.78, 5) is 29.2. The van der Waals surface area contributed by atoms with Crippen molar-refractivity contribution in [2.24, 2.45) is 0 Å². The van der Waals surface area contributed by atoms with Crippen molar-refractivity contribution in [1.29, 1.82) is 0 Å². The van der Waals surface area contributed by atoms with E-state index in [1.165, 1.54) is 24.3 Å². The molecule has 1 aliphatic heterocycles. The van der Waals surface area contributed by atoms with Crippen LogP contribution in [0.4, 0.5) is 4.39 Å². The number of benzene rings is 1. The molecule has 1 atom stereocenters. The number of piperidine rings is 1. The number of likely N-dealkylation sites (tertiary alicyclic amines) is 1. The van der Waals surface area contributed by atoms with Gasteiger partial charge in [0.05, 0.1) is 12.1 Å². The van der Waals surface area contributed by atoms with Crippen LogP contribution in [0, 0.1) is 5.82 Å². The zero-order valence-corrected chi connectivity index (χ0v) is 13.9. The maximum atomic E-state index is 13.9. The molecule has 2 heterocycles. The van der Waals surface area contributed by atoms with E-state index in [2.05, 4.69) is 15.2 Å². The predicted molar refractivity (Wildman–Crippen MR) is 93.2 cm³/mol. The van der Waals surface area contributed by atoms with Gasteiger partial charge in [0.2, 0.25) is 0 Å². The van der Waals surface area contributed by atoms with E-state index in [1.54, 1.807) is 0 Å². The Bertz CT molecular complexity index is 821. The number of aliphatic hydroxyl groups excluding tert-OH is 1. The maximum Gasteiger partial charge on any atom is 0.267 e. The van der Waals surface area contributed by atoms with Crippen LogP contribution in [0.3, 0.4) is 0 Å². The number of amides is 1.